The van der Waals surface area contributed by atoms with E-state index in [0.717, 1.165) is 53.3 Å². The van der Waals surface area contributed by atoms with Crippen LogP contribution in [0.1, 0.15) is 48.7 Å². The predicted molar refractivity (Wildman–Crippen MR) is 266 cm³/mol. The van der Waals surface area contributed by atoms with E-state index in [0.29, 0.717) is 34.2 Å². The van der Waals surface area contributed by atoms with Crippen molar-refractivity contribution in [2.45, 2.75) is 52.4 Å². The van der Waals surface area contributed by atoms with Crippen LogP contribution in [0.5, 0.6) is 0 Å². The average Bonchev–Trinajstić information content (AvgIpc) is 3.46. The number of alkyl halides is 12. The number of carboxylic acid groups (broad SMARTS) is 2. The van der Waals surface area contributed by atoms with Gasteiger partial charge in [-0.15, -0.1) is 0 Å². The zero-order valence-electron chi connectivity index (χ0n) is 45.5. The quantitative estimate of drug-likeness (QED) is 0.112. The van der Waals surface area contributed by atoms with E-state index < -0.39 is 82.8 Å². The Labute approximate surface area is 552 Å². The number of rotatable bonds is 10. The van der Waals surface area contributed by atoms with Crippen LogP contribution in [0.15, 0.2) is 169 Å². The molecular formula is C54H44F12N6O14Tb2. The Kier molecular flexibility index (Phi) is 42.5. The minimum Gasteiger partial charge on any atom is -0.869 e. The molecule has 0 unspecified atom stereocenters. The normalized spacial score (nSPS) is 11.1. The molecule has 6 aromatic rings. The van der Waals surface area contributed by atoms with E-state index in [-0.39, 0.29) is 113 Å². The molecule has 0 aromatic carbocycles. The second-order valence-electron chi connectivity index (χ2n) is 15.1. The molecule has 6 aromatic heterocycles. The van der Waals surface area contributed by atoms with Crippen LogP contribution in [-0.2, 0) is 19.2 Å². The molecule has 0 saturated carbocycles. The number of aromatic carboxylic acids is 2. The third-order valence-electron chi connectivity index (χ3n) is 8.25. The maximum absolute atomic E-state index is 11.3. The van der Waals surface area contributed by atoms with Crippen LogP contribution in [0.3, 0.4) is 0 Å². The molecule has 34 heteroatoms. The summed E-state index contributed by atoms with van der Waals surface area (Å²) < 4.78 is 135. The molecule has 6 rings (SSSR count). The van der Waals surface area contributed by atoms with Gasteiger partial charge >= 0.3 is 102 Å². The van der Waals surface area contributed by atoms with Crippen molar-refractivity contribution in [2.24, 2.45) is 0 Å². The predicted octanol–water partition coefficient (Wildman–Crippen LogP) is 3.88. The van der Waals surface area contributed by atoms with Gasteiger partial charge in [-0.1, -0.05) is 36.4 Å². The SMILES string of the molecule is CC(=O)/C=C(\[O-])C(F)(F)F.CC(=O)/C=C(\[O-])C(F)(F)F.CC(=O)/C=C(\[O-])C(F)(F)F.CC(=O)/C=C(\[O-])C(F)(F)F.CO.CO.O=C([O-])c1cccc(-c2cccc(-c3ccccn3)n2)n1.O=C([O-])c1cccc(-c2cccc(-c3ccccn3)n2)n1.[Tb+3].[Tb+3]. The molecule has 0 aliphatic rings. The van der Waals surface area contributed by atoms with Crippen LogP contribution in [0.2, 0.25) is 0 Å². The number of nitrogens with zero attached hydrogens (tertiary/aromatic N) is 6. The third-order valence-corrected chi connectivity index (χ3v) is 8.25. The van der Waals surface area contributed by atoms with Gasteiger partial charge < -0.3 is 50.4 Å². The largest absolute Gasteiger partial charge is 3.00 e. The summed E-state index contributed by atoms with van der Waals surface area (Å²) in [4.78, 5) is 86.9. The molecule has 0 amide bonds. The number of aliphatic hydroxyl groups is 2. The summed E-state index contributed by atoms with van der Waals surface area (Å²) in [7, 11) is 2.00. The first-order valence-corrected chi connectivity index (χ1v) is 22.7. The fourth-order valence-electron chi connectivity index (χ4n) is 4.92. The molecule has 0 spiro atoms. The van der Waals surface area contributed by atoms with Crippen molar-refractivity contribution in [3.05, 3.63) is 180 Å². The summed E-state index contributed by atoms with van der Waals surface area (Å²) in [6.45, 7) is 3.51. The first-order chi connectivity index (χ1) is 39.8. The van der Waals surface area contributed by atoms with E-state index in [1.807, 2.05) is 60.7 Å². The van der Waals surface area contributed by atoms with E-state index in [1.165, 1.54) is 12.1 Å². The Morgan fingerprint density at radius 3 is 0.693 bits per heavy atom. The molecule has 88 heavy (non-hydrogen) atoms. The first-order valence-electron chi connectivity index (χ1n) is 22.7. The van der Waals surface area contributed by atoms with Gasteiger partial charge in [0.2, 0.25) is 0 Å². The number of aliphatic hydroxyl groups excluding tert-OH is 2. The fraction of sp³-hybridized carbons (Fsp3) is 0.185. The molecule has 20 nitrogen and oxygen atoms in total. The van der Waals surface area contributed by atoms with Crippen molar-refractivity contribution in [1.82, 2.24) is 29.9 Å². The maximum atomic E-state index is 11.3. The Bertz CT molecular complexity index is 3000. The van der Waals surface area contributed by atoms with Gasteiger partial charge in [-0.25, -0.2) is 19.9 Å². The summed E-state index contributed by atoms with van der Waals surface area (Å²) in [5, 5.41) is 75.2. The maximum Gasteiger partial charge on any atom is 3.00 e. The van der Waals surface area contributed by atoms with Crippen molar-refractivity contribution >= 4 is 35.1 Å². The number of carbonyl (C=O) groups excluding carboxylic acids is 6. The molecule has 0 atom stereocenters. The van der Waals surface area contributed by atoms with Gasteiger partial charge in [-0.3, -0.25) is 29.1 Å². The molecule has 6 heterocycles. The minimum absolute atomic E-state index is 0. The van der Waals surface area contributed by atoms with Crippen LogP contribution >= 0.6 is 0 Å². The van der Waals surface area contributed by atoms with Gasteiger partial charge in [0.05, 0.1) is 68.9 Å². The number of halogens is 12. The number of hydrogen-bond acceptors (Lipinski definition) is 20. The van der Waals surface area contributed by atoms with Crippen LogP contribution in [0.4, 0.5) is 52.7 Å². The van der Waals surface area contributed by atoms with E-state index >= 15 is 0 Å². The first kappa shape index (κ1) is 86.8. The van der Waals surface area contributed by atoms with Gasteiger partial charge in [-0.2, -0.15) is 52.7 Å². The molecular weight excluding hydrogens is 1500 g/mol. The van der Waals surface area contributed by atoms with Crippen LogP contribution in [-0.4, -0.2) is 114 Å². The van der Waals surface area contributed by atoms with Crippen molar-refractivity contribution < 1.29 is 200 Å². The van der Waals surface area contributed by atoms with E-state index in [2.05, 4.69) is 29.9 Å². The average molecular weight is 1550 g/mol. The summed E-state index contributed by atoms with van der Waals surface area (Å²) in [5.74, 6) is -14.7. The zero-order chi connectivity index (χ0) is 66.8. The van der Waals surface area contributed by atoms with Crippen molar-refractivity contribution in [3.63, 3.8) is 0 Å². The van der Waals surface area contributed by atoms with E-state index in [4.69, 9.17) is 10.2 Å². The van der Waals surface area contributed by atoms with Crippen LogP contribution in [0, 0.1) is 77.2 Å². The van der Waals surface area contributed by atoms with Crippen molar-refractivity contribution in [1.29, 1.82) is 0 Å². The standard InChI is InChI=1S/2C16H11N3O2.4C5H5F3O2.2CH4O.2Tb/c2*20-16(21)15-9-4-8-14(19-15)13-7-3-6-12(18-13)11-5-1-2-10-17-11;4*1-3(9)2-4(10)5(6,7)8;2*1-2;;/h2*1-10H,(H,20,21);4*2,10H,1H3;2*2H,1H3;;/q;;;;;;;;2*+3/p-6/b;;4*4-2-;;;;. The second kappa shape index (κ2) is 43.1. The fourth-order valence-corrected chi connectivity index (χ4v) is 4.92. The topological polar surface area (TPSA) is 359 Å². The van der Waals surface area contributed by atoms with E-state index in [1.54, 1.807) is 48.8 Å². The monoisotopic (exact) mass is 1550 g/mol. The number of aromatic nitrogens is 6. The molecule has 476 valence electrons. The van der Waals surface area contributed by atoms with Crippen molar-refractivity contribution in [2.75, 3.05) is 14.2 Å². The number of pyridine rings is 6. The van der Waals surface area contributed by atoms with Crippen molar-refractivity contribution in [3.8, 4) is 45.6 Å². The van der Waals surface area contributed by atoms with Gasteiger partial charge in [0.25, 0.3) is 0 Å². The van der Waals surface area contributed by atoms with Gasteiger partial charge in [0.1, 0.15) is 0 Å². The Hall–Kier alpha value is -7.67. The Morgan fingerprint density at radius 1 is 0.330 bits per heavy atom. The molecule has 0 saturated heterocycles. The molecule has 0 bridgehead atoms. The smallest absolute Gasteiger partial charge is 0.869 e. The summed E-state index contributed by atoms with van der Waals surface area (Å²) in [6.07, 6.45) is -16.3. The zero-order valence-corrected chi connectivity index (χ0v) is 49.8. The number of carboxylic acids is 2. The molecule has 0 radical (unpaired) electrons. The number of hydrogen-bond donors (Lipinski definition) is 2. The Balaban J connectivity index is -0.000000492. The molecule has 2 N–H and O–H groups in total. The molecule has 0 aliphatic carbocycles. The Morgan fingerprint density at radius 2 is 0.523 bits per heavy atom. The van der Waals surface area contributed by atoms with Gasteiger partial charge in [-0.05, 0) is 148 Å². The summed E-state index contributed by atoms with van der Waals surface area (Å²) in [6, 6.07) is 31.5. The van der Waals surface area contributed by atoms with Gasteiger partial charge in [0, 0.05) is 26.6 Å². The molecule has 0 aliphatic heterocycles. The molecule has 0 fully saturated rings. The minimum atomic E-state index is -4.92. The number of allylic oxidation sites excluding steroid dienone is 8. The van der Waals surface area contributed by atoms with Gasteiger partial charge in [0.15, 0.2) is 23.1 Å². The number of ketones is 4. The summed E-state index contributed by atoms with van der Waals surface area (Å²) >= 11 is 0. The van der Waals surface area contributed by atoms with Crippen LogP contribution in [0.25, 0.3) is 45.6 Å². The summed E-state index contributed by atoms with van der Waals surface area (Å²) in [5.41, 5.74) is 4.80. The van der Waals surface area contributed by atoms with Crippen LogP contribution < -0.4 is 30.6 Å². The second-order valence-corrected chi connectivity index (χ2v) is 15.1. The number of carbonyl (C=O) groups is 6. The van der Waals surface area contributed by atoms with E-state index in [9.17, 15) is 112 Å². The third kappa shape index (κ3) is 37.1.